The van der Waals surface area contributed by atoms with Gasteiger partial charge in [-0.1, -0.05) is 31.5 Å². The minimum Gasteiger partial charge on any atom is -0.354 e. The second kappa shape index (κ2) is 11.4. The smallest absolute Gasteiger partial charge is 0.264 e. The van der Waals surface area contributed by atoms with E-state index in [1.807, 2.05) is 0 Å². The number of benzene rings is 2. The number of rotatable bonds is 10. The van der Waals surface area contributed by atoms with Gasteiger partial charge in [0, 0.05) is 19.1 Å². The molecular weight excluding hydrogens is 429 g/mol. The Balaban J connectivity index is 1.62. The monoisotopic (exact) mass is 461 g/mol. The van der Waals surface area contributed by atoms with Crippen molar-refractivity contribution in [2.24, 2.45) is 0 Å². The predicted molar refractivity (Wildman–Crippen MR) is 125 cm³/mol. The predicted octanol–water partition coefficient (Wildman–Crippen LogP) is 3.79. The summed E-state index contributed by atoms with van der Waals surface area (Å²) < 4.78 is 40.8. The third-order valence-corrected chi connectivity index (χ3v) is 7.69. The zero-order valence-corrected chi connectivity index (χ0v) is 19.4. The summed E-state index contributed by atoms with van der Waals surface area (Å²) in [6.07, 6.45) is 5.69. The van der Waals surface area contributed by atoms with E-state index in [0.717, 1.165) is 42.4 Å². The lowest BCUT2D eigenvalue weighted by Crippen LogP contribution is -2.43. The van der Waals surface area contributed by atoms with Gasteiger partial charge in [-0.25, -0.2) is 12.8 Å². The van der Waals surface area contributed by atoms with Crippen LogP contribution in [-0.2, 0) is 14.8 Å². The number of hydrogen-bond donors (Lipinski definition) is 1. The van der Waals surface area contributed by atoms with E-state index in [1.54, 1.807) is 30.3 Å². The maximum atomic E-state index is 13.3. The number of carbonyl (C=O) groups excluding carboxylic acids is 1. The molecule has 2 aromatic rings. The Hall–Kier alpha value is -2.45. The third-order valence-electron chi connectivity index (χ3n) is 5.90. The molecule has 0 saturated carbocycles. The van der Waals surface area contributed by atoms with Crippen LogP contribution in [0.4, 0.5) is 10.1 Å². The molecular formula is C24H32FN3O3S. The van der Waals surface area contributed by atoms with Crippen LogP contribution in [0.25, 0.3) is 0 Å². The highest BCUT2D eigenvalue weighted by molar-refractivity contribution is 7.92. The first-order chi connectivity index (χ1) is 15.4. The molecule has 0 spiro atoms. The maximum Gasteiger partial charge on any atom is 0.264 e. The van der Waals surface area contributed by atoms with E-state index in [9.17, 15) is 17.6 Å². The first kappa shape index (κ1) is 24.2. The molecule has 32 heavy (non-hydrogen) atoms. The zero-order chi connectivity index (χ0) is 23.0. The number of halogens is 1. The van der Waals surface area contributed by atoms with Crippen LogP contribution in [0, 0.1) is 5.82 Å². The van der Waals surface area contributed by atoms with E-state index in [-0.39, 0.29) is 17.3 Å². The number of sulfonamides is 1. The van der Waals surface area contributed by atoms with Crippen molar-refractivity contribution in [1.82, 2.24) is 10.2 Å². The number of para-hydroxylation sites is 1. The van der Waals surface area contributed by atoms with Gasteiger partial charge in [-0.3, -0.25) is 9.10 Å². The molecule has 6 nitrogen and oxygen atoms in total. The van der Waals surface area contributed by atoms with E-state index < -0.39 is 15.8 Å². The molecule has 0 aliphatic carbocycles. The normalized spacial score (nSPS) is 17.1. The van der Waals surface area contributed by atoms with Gasteiger partial charge in [0.25, 0.3) is 10.0 Å². The van der Waals surface area contributed by atoms with Gasteiger partial charge in [0.2, 0.25) is 5.91 Å². The molecule has 174 valence electrons. The maximum absolute atomic E-state index is 13.3. The van der Waals surface area contributed by atoms with Crippen LogP contribution < -0.4 is 9.62 Å². The van der Waals surface area contributed by atoms with Crippen molar-refractivity contribution in [2.75, 3.05) is 30.5 Å². The van der Waals surface area contributed by atoms with Crippen molar-refractivity contribution < 1.29 is 17.6 Å². The number of anilines is 1. The number of likely N-dealkylation sites (tertiary alicyclic amines) is 1. The van der Waals surface area contributed by atoms with E-state index >= 15 is 0 Å². The second-order valence-corrected chi connectivity index (χ2v) is 9.96. The number of nitrogens with one attached hydrogen (secondary N) is 1. The summed E-state index contributed by atoms with van der Waals surface area (Å²) in [6.45, 7) is 4.39. The number of piperidine rings is 1. The van der Waals surface area contributed by atoms with Gasteiger partial charge in [-0.05, 0) is 68.6 Å². The molecule has 1 unspecified atom stereocenters. The van der Waals surface area contributed by atoms with Crippen molar-refractivity contribution in [3.05, 3.63) is 60.4 Å². The van der Waals surface area contributed by atoms with E-state index in [0.29, 0.717) is 18.3 Å². The Morgan fingerprint density at radius 2 is 1.84 bits per heavy atom. The van der Waals surface area contributed by atoms with E-state index in [2.05, 4.69) is 17.1 Å². The molecule has 1 aliphatic heterocycles. The summed E-state index contributed by atoms with van der Waals surface area (Å²) in [7, 11) is -4.03. The minimum absolute atomic E-state index is 0.0636. The minimum atomic E-state index is -4.03. The molecule has 0 bridgehead atoms. The SMILES string of the molecule is CCC1CCCCN1CCCNC(=O)CN(c1ccccc1)S(=O)(=O)c1ccc(F)cc1. The standard InChI is InChI=1S/C24H32FN3O3S/c1-2-21-9-6-7-17-27(21)18-8-16-26-24(29)19-28(22-10-4-3-5-11-22)32(30,31)23-14-12-20(25)13-15-23/h3-5,10-15,21H,2,6-9,16-19H2,1H3,(H,26,29). The molecule has 3 rings (SSSR count). The summed E-state index contributed by atoms with van der Waals surface area (Å²) in [5.41, 5.74) is 0.381. The van der Waals surface area contributed by atoms with E-state index in [4.69, 9.17) is 0 Å². The number of nitrogens with zero attached hydrogens (tertiary/aromatic N) is 2. The van der Waals surface area contributed by atoms with Gasteiger partial charge < -0.3 is 10.2 Å². The van der Waals surface area contributed by atoms with Crippen LogP contribution in [-0.4, -0.2) is 51.4 Å². The van der Waals surface area contributed by atoms with E-state index in [1.165, 1.54) is 31.4 Å². The van der Waals surface area contributed by atoms with Crippen LogP contribution >= 0.6 is 0 Å². The van der Waals surface area contributed by atoms with Gasteiger partial charge >= 0.3 is 0 Å². The first-order valence-corrected chi connectivity index (χ1v) is 12.7. The Morgan fingerprint density at radius 1 is 1.12 bits per heavy atom. The number of carbonyl (C=O) groups is 1. The molecule has 0 radical (unpaired) electrons. The highest BCUT2D eigenvalue weighted by Crippen LogP contribution is 2.23. The van der Waals surface area contributed by atoms with Crippen LogP contribution in [0.15, 0.2) is 59.5 Å². The topological polar surface area (TPSA) is 69.7 Å². The lowest BCUT2D eigenvalue weighted by atomic mass is 10.00. The van der Waals surface area contributed by atoms with Crippen molar-refractivity contribution in [3.63, 3.8) is 0 Å². The Morgan fingerprint density at radius 3 is 2.53 bits per heavy atom. The molecule has 1 aliphatic rings. The Labute approximate surface area is 190 Å². The first-order valence-electron chi connectivity index (χ1n) is 11.3. The van der Waals surface area contributed by atoms with Gasteiger partial charge in [-0.2, -0.15) is 0 Å². The van der Waals surface area contributed by atoms with Crippen LogP contribution in [0.3, 0.4) is 0 Å². The number of hydrogen-bond acceptors (Lipinski definition) is 4. The fourth-order valence-electron chi connectivity index (χ4n) is 4.16. The van der Waals surface area contributed by atoms with Crippen molar-refractivity contribution in [3.8, 4) is 0 Å². The molecule has 1 atom stereocenters. The molecule has 2 aromatic carbocycles. The largest absolute Gasteiger partial charge is 0.354 e. The molecule has 1 heterocycles. The van der Waals surface area contributed by atoms with Crippen LogP contribution in [0.2, 0.25) is 0 Å². The molecule has 1 saturated heterocycles. The fourth-order valence-corrected chi connectivity index (χ4v) is 5.58. The summed E-state index contributed by atoms with van der Waals surface area (Å²) in [4.78, 5) is 15.1. The van der Waals surface area contributed by atoms with Gasteiger partial charge in [-0.15, -0.1) is 0 Å². The molecule has 1 N–H and O–H groups in total. The van der Waals surface area contributed by atoms with Crippen molar-refractivity contribution in [1.29, 1.82) is 0 Å². The fraction of sp³-hybridized carbons (Fsp3) is 0.458. The molecule has 0 aromatic heterocycles. The van der Waals surface area contributed by atoms with Crippen molar-refractivity contribution >= 4 is 21.6 Å². The lowest BCUT2D eigenvalue weighted by Gasteiger charge is -2.35. The highest BCUT2D eigenvalue weighted by Gasteiger charge is 2.27. The Bertz CT molecular complexity index is 968. The second-order valence-electron chi connectivity index (χ2n) is 8.10. The summed E-state index contributed by atoms with van der Waals surface area (Å²) in [5.74, 6) is -0.891. The zero-order valence-electron chi connectivity index (χ0n) is 18.5. The molecule has 1 amide bonds. The lowest BCUT2D eigenvalue weighted by molar-refractivity contribution is -0.119. The summed E-state index contributed by atoms with van der Waals surface area (Å²) in [5, 5.41) is 2.86. The molecule has 8 heteroatoms. The average molecular weight is 462 g/mol. The van der Waals surface area contributed by atoms with Crippen LogP contribution in [0.1, 0.15) is 39.0 Å². The quantitative estimate of drug-likeness (QED) is 0.547. The summed E-state index contributed by atoms with van der Waals surface area (Å²) >= 11 is 0. The van der Waals surface area contributed by atoms with Gasteiger partial charge in [0.15, 0.2) is 0 Å². The Kier molecular flexibility index (Phi) is 8.64. The van der Waals surface area contributed by atoms with Crippen LogP contribution in [0.5, 0.6) is 0 Å². The highest BCUT2D eigenvalue weighted by atomic mass is 32.2. The van der Waals surface area contributed by atoms with Gasteiger partial charge in [0.05, 0.1) is 10.6 Å². The number of amides is 1. The third kappa shape index (κ3) is 6.29. The average Bonchev–Trinajstić information content (AvgIpc) is 2.81. The molecule has 1 fully saturated rings. The van der Waals surface area contributed by atoms with Gasteiger partial charge in [0.1, 0.15) is 12.4 Å². The van der Waals surface area contributed by atoms with Crippen molar-refractivity contribution in [2.45, 2.75) is 50.0 Å². The summed E-state index contributed by atoms with van der Waals surface area (Å²) in [6, 6.07) is 13.7.